The third kappa shape index (κ3) is 5.97. The summed E-state index contributed by atoms with van der Waals surface area (Å²) in [6, 6.07) is 3.66. The number of aromatic nitrogens is 1. The number of nitrogens with one attached hydrogen (secondary N) is 1. The molecular formula is C12H17F3N2O. The average molecular weight is 262 g/mol. The van der Waals surface area contributed by atoms with Gasteiger partial charge in [0.15, 0.2) is 0 Å². The molecule has 0 aromatic carbocycles. The van der Waals surface area contributed by atoms with Gasteiger partial charge in [0.2, 0.25) is 0 Å². The van der Waals surface area contributed by atoms with E-state index in [-0.39, 0.29) is 12.6 Å². The monoisotopic (exact) mass is 262 g/mol. The predicted octanol–water partition coefficient (Wildman–Crippen LogP) is 2.70. The minimum Gasteiger partial charge on any atom is -0.372 e. The summed E-state index contributed by atoms with van der Waals surface area (Å²) in [7, 11) is 0. The summed E-state index contributed by atoms with van der Waals surface area (Å²) in [6.07, 6.45) is -0.415. The van der Waals surface area contributed by atoms with Crippen LogP contribution < -0.4 is 5.32 Å². The summed E-state index contributed by atoms with van der Waals surface area (Å²) in [4.78, 5) is 3.99. The van der Waals surface area contributed by atoms with Gasteiger partial charge in [-0.3, -0.25) is 4.98 Å². The van der Waals surface area contributed by atoms with Crippen LogP contribution in [0, 0.1) is 0 Å². The van der Waals surface area contributed by atoms with Crippen molar-refractivity contribution in [3.63, 3.8) is 0 Å². The van der Waals surface area contributed by atoms with Crippen molar-refractivity contribution in [3.05, 3.63) is 30.1 Å². The number of ether oxygens (including phenoxy) is 1. The third-order valence-electron chi connectivity index (χ3n) is 2.35. The zero-order chi connectivity index (χ0) is 13.4. The van der Waals surface area contributed by atoms with E-state index in [0.29, 0.717) is 6.42 Å². The van der Waals surface area contributed by atoms with E-state index in [1.165, 1.54) is 0 Å². The first-order valence-corrected chi connectivity index (χ1v) is 5.80. The molecule has 1 N–H and O–H groups in total. The minimum absolute atomic E-state index is 0.0306. The Labute approximate surface area is 104 Å². The molecule has 0 fully saturated rings. The second-order valence-electron chi connectivity index (χ2n) is 3.85. The van der Waals surface area contributed by atoms with Crippen molar-refractivity contribution in [2.24, 2.45) is 0 Å². The Bertz CT molecular complexity index is 330. The molecule has 1 aromatic heterocycles. The van der Waals surface area contributed by atoms with Gasteiger partial charge in [-0.2, -0.15) is 13.2 Å². The van der Waals surface area contributed by atoms with Crippen LogP contribution >= 0.6 is 0 Å². The molecule has 0 bridgehead atoms. The summed E-state index contributed by atoms with van der Waals surface area (Å²) in [6.45, 7) is 1.55. The van der Waals surface area contributed by atoms with Gasteiger partial charge in [-0.1, -0.05) is 13.0 Å². The molecule has 0 amide bonds. The fourth-order valence-electron chi connectivity index (χ4n) is 1.60. The van der Waals surface area contributed by atoms with Crippen LogP contribution in [-0.2, 0) is 4.74 Å². The molecule has 18 heavy (non-hydrogen) atoms. The second kappa shape index (κ2) is 7.33. The van der Waals surface area contributed by atoms with Crippen LogP contribution in [0.25, 0.3) is 0 Å². The van der Waals surface area contributed by atoms with E-state index in [1.54, 1.807) is 18.5 Å². The molecule has 102 valence electrons. The summed E-state index contributed by atoms with van der Waals surface area (Å²) >= 11 is 0. The fourth-order valence-corrected chi connectivity index (χ4v) is 1.60. The molecule has 1 unspecified atom stereocenters. The number of halogens is 3. The molecule has 0 saturated carbocycles. The fraction of sp³-hybridized carbons (Fsp3) is 0.583. The van der Waals surface area contributed by atoms with Gasteiger partial charge in [-0.05, 0) is 24.6 Å². The lowest BCUT2D eigenvalue weighted by atomic mass is 10.1. The molecule has 0 aliphatic carbocycles. The van der Waals surface area contributed by atoms with Crippen LogP contribution in [0.15, 0.2) is 24.5 Å². The van der Waals surface area contributed by atoms with Crippen LogP contribution in [0.1, 0.15) is 24.9 Å². The van der Waals surface area contributed by atoms with Crippen molar-refractivity contribution in [2.75, 3.05) is 19.8 Å². The highest BCUT2D eigenvalue weighted by molar-refractivity contribution is 5.13. The molecule has 0 saturated heterocycles. The van der Waals surface area contributed by atoms with Gasteiger partial charge in [-0.25, -0.2) is 0 Å². The zero-order valence-electron chi connectivity index (χ0n) is 10.2. The molecule has 1 aromatic rings. The standard InChI is InChI=1S/C12H17F3N2O/c1-2-17-11(10-4-3-6-16-8-10)5-7-18-9-12(13,14)15/h3-4,6,8,11,17H,2,5,7,9H2,1H3. The van der Waals surface area contributed by atoms with Crippen LogP contribution in [0.4, 0.5) is 13.2 Å². The molecule has 0 radical (unpaired) electrons. The van der Waals surface area contributed by atoms with E-state index in [2.05, 4.69) is 15.0 Å². The normalized spacial score (nSPS) is 13.6. The van der Waals surface area contributed by atoms with E-state index < -0.39 is 12.8 Å². The van der Waals surface area contributed by atoms with E-state index in [1.807, 2.05) is 13.0 Å². The van der Waals surface area contributed by atoms with Gasteiger partial charge < -0.3 is 10.1 Å². The molecule has 3 nitrogen and oxygen atoms in total. The van der Waals surface area contributed by atoms with E-state index >= 15 is 0 Å². The van der Waals surface area contributed by atoms with Gasteiger partial charge in [0, 0.05) is 25.0 Å². The Hall–Kier alpha value is -1.14. The van der Waals surface area contributed by atoms with E-state index in [0.717, 1.165) is 12.1 Å². The Balaban J connectivity index is 2.40. The SMILES string of the molecule is CCNC(CCOCC(F)(F)F)c1cccnc1. The maximum absolute atomic E-state index is 11.9. The first kappa shape index (κ1) is 14.9. The maximum atomic E-state index is 11.9. The average Bonchev–Trinajstić information content (AvgIpc) is 2.33. The molecule has 1 atom stereocenters. The van der Waals surface area contributed by atoms with Gasteiger partial charge in [0.1, 0.15) is 6.61 Å². The van der Waals surface area contributed by atoms with Gasteiger partial charge in [-0.15, -0.1) is 0 Å². The van der Waals surface area contributed by atoms with Gasteiger partial charge >= 0.3 is 6.18 Å². The highest BCUT2D eigenvalue weighted by atomic mass is 19.4. The van der Waals surface area contributed by atoms with E-state index in [9.17, 15) is 13.2 Å². The molecule has 1 rings (SSSR count). The van der Waals surface area contributed by atoms with Crippen molar-refractivity contribution in [2.45, 2.75) is 25.6 Å². The Morgan fingerprint density at radius 2 is 2.22 bits per heavy atom. The van der Waals surface area contributed by atoms with Crippen LogP contribution in [0.5, 0.6) is 0 Å². The highest BCUT2D eigenvalue weighted by Gasteiger charge is 2.27. The summed E-state index contributed by atoms with van der Waals surface area (Å²) in [5.41, 5.74) is 0.954. The first-order valence-electron chi connectivity index (χ1n) is 5.80. The quantitative estimate of drug-likeness (QED) is 0.767. The molecular weight excluding hydrogens is 245 g/mol. The van der Waals surface area contributed by atoms with E-state index in [4.69, 9.17) is 0 Å². The highest BCUT2D eigenvalue weighted by Crippen LogP contribution is 2.17. The van der Waals surface area contributed by atoms with Gasteiger partial charge in [0.25, 0.3) is 0 Å². The largest absolute Gasteiger partial charge is 0.411 e. The predicted molar refractivity (Wildman–Crippen MR) is 62.1 cm³/mol. The Morgan fingerprint density at radius 3 is 2.78 bits per heavy atom. The van der Waals surface area contributed by atoms with Crippen molar-refractivity contribution in [1.82, 2.24) is 10.3 Å². The van der Waals surface area contributed by atoms with Crippen LogP contribution in [0.3, 0.4) is 0 Å². The van der Waals surface area contributed by atoms with Crippen LogP contribution in [-0.4, -0.2) is 30.9 Å². The zero-order valence-corrected chi connectivity index (χ0v) is 10.2. The van der Waals surface area contributed by atoms with Crippen molar-refractivity contribution >= 4 is 0 Å². The molecule has 0 aliphatic rings. The number of alkyl halides is 3. The minimum atomic E-state index is -4.26. The lowest BCUT2D eigenvalue weighted by molar-refractivity contribution is -0.174. The molecule has 0 aliphatic heterocycles. The van der Waals surface area contributed by atoms with Crippen LogP contribution in [0.2, 0.25) is 0 Å². The molecule has 0 spiro atoms. The number of pyridine rings is 1. The summed E-state index contributed by atoms with van der Waals surface area (Å²) < 4.78 is 40.3. The van der Waals surface area contributed by atoms with Crippen molar-refractivity contribution in [1.29, 1.82) is 0 Å². The first-order chi connectivity index (χ1) is 8.53. The lowest BCUT2D eigenvalue weighted by Crippen LogP contribution is -2.24. The number of nitrogens with zero attached hydrogens (tertiary/aromatic N) is 1. The Morgan fingerprint density at radius 1 is 1.44 bits per heavy atom. The number of hydrogen-bond donors (Lipinski definition) is 1. The third-order valence-corrected chi connectivity index (χ3v) is 2.35. The lowest BCUT2D eigenvalue weighted by Gasteiger charge is -2.18. The number of rotatable bonds is 7. The topological polar surface area (TPSA) is 34.1 Å². The second-order valence-corrected chi connectivity index (χ2v) is 3.85. The maximum Gasteiger partial charge on any atom is 0.411 e. The summed E-state index contributed by atoms with van der Waals surface area (Å²) in [5, 5.41) is 3.20. The van der Waals surface area contributed by atoms with Crippen molar-refractivity contribution < 1.29 is 17.9 Å². The summed E-state index contributed by atoms with van der Waals surface area (Å²) in [5.74, 6) is 0. The molecule has 1 heterocycles. The number of hydrogen-bond acceptors (Lipinski definition) is 3. The van der Waals surface area contributed by atoms with Gasteiger partial charge in [0.05, 0.1) is 0 Å². The smallest absolute Gasteiger partial charge is 0.372 e. The Kier molecular flexibility index (Phi) is 6.07. The molecule has 6 heteroatoms. The van der Waals surface area contributed by atoms with Crippen molar-refractivity contribution in [3.8, 4) is 0 Å².